The molecule has 1 atom stereocenters. The van der Waals surface area contributed by atoms with Crippen LogP contribution in [0.1, 0.15) is 0 Å². The molecule has 0 radical (unpaired) electrons. The van der Waals surface area contributed by atoms with Crippen molar-refractivity contribution in [2.24, 2.45) is 0 Å². The monoisotopic (exact) mass is 248 g/mol. The quantitative estimate of drug-likeness (QED) is 0.446. The van der Waals surface area contributed by atoms with Crippen LogP contribution in [0.2, 0.25) is 0 Å². The van der Waals surface area contributed by atoms with Crippen molar-refractivity contribution in [3.63, 3.8) is 0 Å². The molecule has 0 aliphatic heterocycles. The molecule has 0 saturated carbocycles. The largest absolute Gasteiger partial charge is 0.461 e. The summed E-state index contributed by atoms with van der Waals surface area (Å²) in [5.41, 5.74) is 0. The molecule has 0 aliphatic carbocycles. The van der Waals surface area contributed by atoms with Gasteiger partial charge < -0.3 is 4.74 Å². The summed E-state index contributed by atoms with van der Waals surface area (Å²) in [4.78, 5) is 10.4. The second-order valence-corrected chi connectivity index (χ2v) is 3.98. The van der Waals surface area contributed by atoms with Crippen LogP contribution in [0.3, 0.4) is 0 Å². The van der Waals surface area contributed by atoms with Gasteiger partial charge in [-0.2, -0.15) is 21.6 Å². The van der Waals surface area contributed by atoms with Crippen LogP contribution in [0, 0.1) is 0 Å². The molecule has 15 heavy (non-hydrogen) atoms. The summed E-state index contributed by atoms with van der Waals surface area (Å²) in [5.74, 6) is -1.21. The summed E-state index contributed by atoms with van der Waals surface area (Å²) in [7, 11) is -5.36. The van der Waals surface area contributed by atoms with Gasteiger partial charge in [-0.15, -0.1) is 0 Å². The number of hydrogen-bond donors (Lipinski definition) is 1. The van der Waals surface area contributed by atoms with E-state index in [0.29, 0.717) is 6.08 Å². The van der Waals surface area contributed by atoms with Gasteiger partial charge in [0.2, 0.25) is 5.25 Å². The van der Waals surface area contributed by atoms with Crippen molar-refractivity contribution in [3.05, 3.63) is 12.7 Å². The second kappa shape index (κ2) is 4.62. The number of carbonyl (C=O) groups is 1. The molecule has 5 nitrogen and oxygen atoms in total. The molecule has 0 fully saturated rings. The molecule has 0 saturated heterocycles. The molecular weight excluding hydrogens is 241 g/mol. The van der Waals surface area contributed by atoms with Crippen LogP contribution in [0.15, 0.2) is 12.7 Å². The highest BCUT2D eigenvalue weighted by Gasteiger charge is 2.49. The maximum Gasteiger partial charge on any atom is 0.411 e. The molecule has 0 aromatic heterocycles. The van der Waals surface area contributed by atoms with E-state index >= 15 is 0 Å². The summed E-state index contributed by atoms with van der Waals surface area (Å²) < 4.78 is 68.8. The SMILES string of the molecule is C=CC(=O)OCC(C(F)(F)F)S(=O)(=O)O. The standard InChI is InChI=1S/C6H7F3O5S/c1-2-5(10)14-3-4(6(7,8)9)15(11,12)13/h2,4H,1,3H2,(H,11,12,13). The summed E-state index contributed by atoms with van der Waals surface area (Å²) in [6, 6.07) is 0. The maximum absolute atomic E-state index is 12.0. The Balaban J connectivity index is 4.71. The molecule has 1 unspecified atom stereocenters. The molecule has 0 bridgehead atoms. The van der Waals surface area contributed by atoms with Crippen LogP contribution in [0.5, 0.6) is 0 Å². The van der Waals surface area contributed by atoms with Crippen molar-refractivity contribution < 1.29 is 35.7 Å². The fraction of sp³-hybridized carbons (Fsp3) is 0.500. The first-order valence-corrected chi connectivity index (χ1v) is 4.91. The van der Waals surface area contributed by atoms with E-state index in [2.05, 4.69) is 11.3 Å². The number of ether oxygens (including phenoxy) is 1. The summed E-state index contributed by atoms with van der Waals surface area (Å²) in [5, 5.41) is -3.14. The zero-order chi connectivity index (χ0) is 12.3. The van der Waals surface area contributed by atoms with Gasteiger partial charge in [-0.05, 0) is 0 Å². The zero-order valence-corrected chi connectivity index (χ0v) is 8.01. The van der Waals surface area contributed by atoms with Crippen molar-refractivity contribution >= 4 is 16.1 Å². The number of esters is 1. The Morgan fingerprint density at radius 2 is 2.00 bits per heavy atom. The van der Waals surface area contributed by atoms with E-state index in [1.54, 1.807) is 0 Å². The van der Waals surface area contributed by atoms with Gasteiger partial charge in [0.05, 0.1) is 0 Å². The number of halogens is 3. The molecule has 0 heterocycles. The van der Waals surface area contributed by atoms with E-state index in [4.69, 9.17) is 4.55 Å². The molecule has 9 heteroatoms. The third-order valence-electron chi connectivity index (χ3n) is 1.27. The Morgan fingerprint density at radius 1 is 1.53 bits per heavy atom. The molecule has 88 valence electrons. The van der Waals surface area contributed by atoms with Crippen LogP contribution >= 0.6 is 0 Å². The Kier molecular flexibility index (Phi) is 4.28. The van der Waals surface area contributed by atoms with Gasteiger partial charge >= 0.3 is 12.1 Å². The Bertz CT molecular complexity index is 344. The number of hydrogen-bond acceptors (Lipinski definition) is 4. The molecule has 0 aliphatic rings. The van der Waals surface area contributed by atoms with E-state index in [-0.39, 0.29) is 0 Å². The lowest BCUT2D eigenvalue weighted by atomic mass is 10.4. The topological polar surface area (TPSA) is 80.7 Å². The Morgan fingerprint density at radius 3 is 2.27 bits per heavy atom. The van der Waals surface area contributed by atoms with Crippen molar-refractivity contribution in [2.45, 2.75) is 11.4 Å². The van der Waals surface area contributed by atoms with Gasteiger partial charge in [-0.25, -0.2) is 4.79 Å². The minimum Gasteiger partial charge on any atom is -0.461 e. The smallest absolute Gasteiger partial charge is 0.411 e. The molecule has 0 aromatic carbocycles. The van der Waals surface area contributed by atoms with E-state index in [0.717, 1.165) is 0 Å². The van der Waals surface area contributed by atoms with Crippen molar-refractivity contribution in [1.82, 2.24) is 0 Å². The van der Waals surface area contributed by atoms with Crippen LogP contribution in [-0.2, 0) is 19.6 Å². The lowest BCUT2D eigenvalue weighted by molar-refractivity contribution is -0.153. The molecule has 0 amide bonds. The predicted octanol–water partition coefficient (Wildman–Crippen LogP) is 0.534. The normalized spacial score (nSPS) is 14.4. The fourth-order valence-electron chi connectivity index (χ4n) is 0.566. The molecular formula is C6H7F3O5S. The fourth-order valence-corrected chi connectivity index (χ4v) is 1.14. The number of rotatable bonds is 4. The van der Waals surface area contributed by atoms with Crippen molar-refractivity contribution in [3.8, 4) is 0 Å². The third kappa shape index (κ3) is 4.79. The Labute approximate surface area is 83.3 Å². The Hall–Kier alpha value is -1.09. The molecule has 0 spiro atoms. The first-order valence-electron chi connectivity index (χ1n) is 3.41. The van der Waals surface area contributed by atoms with E-state index in [1.807, 2.05) is 0 Å². The van der Waals surface area contributed by atoms with Gasteiger partial charge in [0.25, 0.3) is 10.1 Å². The van der Waals surface area contributed by atoms with E-state index < -0.39 is 34.1 Å². The molecule has 0 aromatic rings. The van der Waals surface area contributed by atoms with Gasteiger partial charge in [-0.1, -0.05) is 6.58 Å². The summed E-state index contributed by atoms with van der Waals surface area (Å²) >= 11 is 0. The predicted molar refractivity (Wildman–Crippen MR) is 42.5 cm³/mol. The van der Waals surface area contributed by atoms with Crippen LogP contribution in [0.25, 0.3) is 0 Å². The minimum absolute atomic E-state index is 0.567. The highest BCUT2D eigenvalue weighted by atomic mass is 32.2. The van der Waals surface area contributed by atoms with Crippen LogP contribution in [0.4, 0.5) is 13.2 Å². The second-order valence-electron chi connectivity index (χ2n) is 2.38. The highest BCUT2D eigenvalue weighted by molar-refractivity contribution is 7.86. The summed E-state index contributed by atoms with van der Waals surface area (Å²) in [6.45, 7) is 1.39. The highest BCUT2D eigenvalue weighted by Crippen LogP contribution is 2.25. The average Bonchev–Trinajstić information content (AvgIpc) is 1.99. The van der Waals surface area contributed by atoms with Crippen molar-refractivity contribution in [1.29, 1.82) is 0 Å². The maximum atomic E-state index is 12.0. The van der Waals surface area contributed by atoms with Gasteiger partial charge in [0, 0.05) is 6.08 Å². The van der Waals surface area contributed by atoms with E-state index in [1.165, 1.54) is 0 Å². The van der Waals surface area contributed by atoms with Crippen molar-refractivity contribution in [2.75, 3.05) is 6.61 Å². The number of alkyl halides is 3. The first kappa shape index (κ1) is 13.9. The third-order valence-corrected chi connectivity index (χ3v) is 2.39. The lowest BCUT2D eigenvalue weighted by Gasteiger charge is -2.16. The van der Waals surface area contributed by atoms with E-state index in [9.17, 15) is 26.4 Å². The molecule has 0 rings (SSSR count). The average molecular weight is 248 g/mol. The van der Waals surface area contributed by atoms with Gasteiger partial charge in [0.1, 0.15) is 6.61 Å². The number of carbonyl (C=O) groups excluding carboxylic acids is 1. The minimum atomic E-state index is -5.36. The van der Waals surface area contributed by atoms with Crippen LogP contribution in [-0.4, -0.2) is 37.0 Å². The summed E-state index contributed by atoms with van der Waals surface area (Å²) in [6.07, 6.45) is -4.65. The zero-order valence-electron chi connectivity index (χ0n) is 7.19. The van der Waals surface area contributed by atoms with Crippen LogP contribution < -0.4 is 0 Å². The molecule has 1 N–H and O–H groups in total. The lowest BCUT2D eigenvalue weighted by Crippen LogP contribution is -2.40. The van der Waals surface area contributed by atoms with Gasteiger partial charge in [0.15, 0.2) is 0 Å². The first-order chi connectivity index (χ1) is 6.59. The van der Waals surface area contributed by atoms with Gasteiger partial charge in [-0.3, -0.25) is 4.55 Å².